The summed E-state index contributed by atoms with van der Waals surface area (Å²) in [6.45, 7) is 7.09. The average Bonchev–Trinajstić information content (AvgIpc) is 3.38. The molecule has 1 aromatic heterocycles. The topological polar surface area (TPSA) is 8.17 Å². The first kappa shape index (κ1) is 25.7. The zero-order chi connectivity index (χ0) is 29.6. The Bertz CT molecular complexity index is 2300. The van der Waals surface area contributed by atoms with Crippen molar-refractivity contribution in [3.63, 3.8) is 0 Å². The average molecular weight is 569 g/mol. The van der Waals surface area contributed by atoms with Crippen LogP contribution in [0.1, 0.15) is 45.6 Å². The van der Waals surface area contributed by atoms with Crippen molar-refractivity contribution in [2.45, 2.75) is 51.5 Å². The van der Waals surface area contributed by atoms with E-state index in [1.165, 1.54) is 71.6 Å². The van der Waals surface area contributed by atoms with Gasteiger partial charge in [-0.1, -0.05) is 110 Å². The number of anilines is 2. The molecule has 3 aliphatic rings. The fourth-order valence-corrected chi connectivity index (χ4v) is 8.35. The van der Waals surface area contributed by atoms with E-state index in [0.717, 1.165) is 19.3 Å². The number of fused-ring (bicyclic) bond motifs is 7. The highest BCUT2D eigenvalue weighted by molar-refractivity contribution is 6.16. The summed E-state index contributed by atoms with van der Waals surface area (Å²) in [7, 11) is 0. The molecule has 0 bridgehead atoms. The number of para-hydroxylation sites is 1. The normalized spacial score (nSPS) is 18.8. The van der Waals surface area contributed by atoms with Gasteiger partial charge in [-0.3, -0.25) is 0 Å². The summed E-state index contributed by atoms with van der Waals surface area (Å²) in [5.74, 6) is 0. The third kappa shape index (κ3) is 3.54. The van der Waals surface area contributed by atoms with Crippen molar-refractivity contribution in [3.8, 4) is 0 Å². The van der Waals surface area contributed by atoms with Crippen LogP contribution in [0.2, 0.25) is 0 Å². The lowest BCUT2D eigenvalue weighted by molar-refractivity contribution is 0.585. The van der Waals surface area contributed by atoms with Crippen LogP contribution in [0.25, 0.3) is 49.0 Å². The summed E-state index contributed by atoms with van der Waals surface area (Å²) in [6.07, 6.45) is 14.8. The fraction of sp³-hybridized carbons (Fsp3) is 0.190. The highest BCUT2D eigenvalue weighted by Crippen LogP contribution is 2.50. The summed E-state index contributed by atoms with van der Waals surface area (Å²) in [5, 5.41) is 7.84. The second kappa shape index (κ2) is 9.34. The van der Waals surface area contributed by atoms with Crippen molar-refractivity contribution in [2.24, 2.45) is 0 Å². The van der Waals surface area contributed by atoms with Gasteiger partial charge in [-0.05, 0) is 83.8 Å². The molecular weight excluding hydrogens is 532 g/mol. The first-order valence-corrected chi connectivity index (χ1v) is 16.0. The van der Waals surface area contributed by atoms with Crippen LogP contribution in [0.4, 0.5) is 11.4 Å². The third-order valence-corrected chi connectivity index (χ3v) is 10.4. The van der Waals surface area contributed by atoms with E-state index in [-0.39, 0.29) is 11.5 Å². The van der Waals surface area contributed by atoms with E-state index in [9.17, 15) is 0 Å². The largest absolute Gasteiger partial charge is 0.334 e. The zero-order valence-electron chi connectivity index (χ0n) is 25.6. The number of hydrogen-bond donors (Lipinski definition) is 0. The van der Waals surface area contributed by atoms with E-state index < -0.39 is 0 Å². The summed E-state index contributed by atoms with van der Waals surface area (Å²) in [4.78, 5) is 2.60. The number of nitrogens with zero attached hydrogens (tertiary/aromatic N) is 2. The molecule has 1 unspecified atom stereocenters. The van der Waals surface area contributed by atoms with Crippen molar-refractivity contribution in [1.82, 2.24) is 4.57 Å². The molecule has 9 rings (SSSR count). The second-order valence-electron chi connectivity index (χ2n) is 13.4. The Balaban J connectivity index is 1.34. The van der Waals surface area contributed by atoms with Crippen LogP contribution in [0.15, 0.2) is 133 Å². The fourth-order valence-electron chi connectivity index (χ4n) is 8.35. The Morgan fingerprint density at radius 3 is 2.45 bits per heavy atom. The molecule has 2 nitrogen and oxygen atoms in total. The molecule has 2 aliphatic carbocycles. The highest BCUT2D eigenvalue weighted by atomic mass is 15.2. The monoisotopic (exact) mass is 568 g/mol. The molecule has 2 heterocycles. The summed E-state index contributed by atoms with van der Waals surface area (Å²) in [5.41, 5.74) is 11.0. The second-order valence-corrected chi connectivity index (χ2v) is 13.4. The molecule has 1 atom stereocenters. The van der Waals surface area contributed by atoms with Crippen LogP contribution in [0, 0.1) is 0 Å². The van der Waals surface area contributed by atoms with Gasteiger partial charge in [-0.25, -0.2) is 0 Å². The lowest BCUT2D eigenvalue weighted by Crippen LogP contribution is -2.31. The maximum absolute atomic E-state index is 2.60. The minimum absolute atomic E-state index is 0.0135. The zero-order valence-corrected chi connectivity index (χ0v) is 25.6. The number of aromatic nitrogens is 1. The number of allylic oxidation sites excluding steroid dienone is 6. The van der Waals surface area contributed by atoms with Gasteiger partial charge in [0, 0.05) is 33.0 Å². The quantitative estimate of drug-likeness (QED) is 0.193. The Kier molecular flexibility index (Phi) is 5.45. The van der Waals surface area contributed by atoms with Crippen molar-refractivity contribution < 1.29 is 0 Å². The van der Waals surface area contributed by atoms with Crippen LogP contribution in [-0.4, -0.2) is 10.6 Å². The van der Waals surface area contributed by atoms with Gasteiger partial charge in [-0.2, -0.15) is 0 Å². The minimum atomic E-state index is 0.0135. The minimum Gasteiger partial charge on any atom is -0.334 e. The molecule has 0 N–H and O–H groups in total. The van der Waals surface area contributed by atoms with E-state index in [0.29, 0.717) is 0 Å². The van der Waals surface area contributed by atoms with Gasteiger partial charge in [-0.15, -0.1) is 0 Å². The van der Waals surface area contributed by atoms with Crippen LogP contribution in [0.5, 0.6) is 0 Å². The Morgan fingerprint density at radius 1 is 0.795 bits per heavy atom. The summed E-state index contributed by atoms with van der Waals surface area (Å²) in [6, 6.07) is 34.5. The van der Waals surface area contributed by atoms with Gasteiger partial charge in [0.15, 0.2) is 0 Å². The van der Waals surface area contributed by atoms with Crippen LogP contribution >= 0.6 is 0 Å². The molecule has 6 aromatic rings. The third-order valence-electron chi connectivity index (χ3n) is 10.4. The van der Waals surface area contributed by atoms with Crippen molar-refractivity contribution in [3.05, 3.63) is 138 Å². The van der Waals surface area contributed by atoms with Crippen LogP contribution in [-0.2, 0) is 5.41 Å². The molecule has 1 aliphatic heterocycles. The van der Waals surface area contributed by atoms with Gasteiger partial charge in [0.05, 0.1) is 22.8 Å². The summed E-state index contributed by atoms with van der Waals surface area (Å²) >= 11 is 0. The van der Waals surface area contributed by atoms with Crippen LogP contribution < -0.4 is 4.90 Å². The predicted molar refractivity (Wildman–Crippen MR) is 189 cm³/mol. The Labute approximate surface area is 258 Å². The van der Waals surface area contributed by atoms with Crippen molar-refractivity contribution in [2.75, 3.05) is 4.90 Å². The maximum Gasteiger partial charge on any atom is 0.0581 e. The number of benzene rings is 5. The molecule has 0 saturated carbocycles. The molecule has 0 amide bonds. The van der Waals surface area contributed by atoms with Gasteiger partial charge in [0.2, 0.25) is 0 Å². The first-order chi connectivity index (χ1) is 21.5. The van der Waals surface area contributed by atoms with Gasteiger partial charge >= 0.3 is 0 Å². The van der Waals surface area contributed by atoms with Crippen molar-refractivity contribution in [1.29, 1.82) is 0 Å². The molecule has 0 fully saturated rings. The molecule has 0 radical (unpaired) electrons. The van der Waals surface area contributed by atoms with E-state index in [4.69, 9.17) is 0 Å². The number of rotatable bonds is 3. The predicted octanol–water partition coefficient (Wildman–Crippen LogP) is 11.4. The van der Waals surface area contributed by atoms with Gasteiger partial charge in [0.25, 0.3) is 0 Å². The Hall–Kier alpha value is -4.82. The Morgan fingerprint density at radius 2 is 1.59 bits per heavy atom. The number of hydrogen-bond acceptors (Lipinski definition) is 1. The SMILES string of the molecule is CC1=CC=CC(N(c2ccc3c(c2)c2cccc4c2n3C2=C(CCC=C2)C4(C)C)c2cc3ccccc3c3ccccc23)C1. The molecule has 214 valence electrons. The molecule has 44 heavy (non-hydrogen) atoms. The van der Waals surface area contributed by atoms with E-state index in [1.807, 2.05) is 0 Å². The van der Waals surface area contributed by atoms with Crippen molar-refractivity contribution >= 4 is 60.4 Å². The van der Waals surface area contributed by atoms with E-state index in [2.05, 4.69) is 152 Å². The first-order valence-electron chi connectivity index (χ1n) is 16.0. The molecule has 0 spiro atoms. The van der Waals surface area contributed by atoms with E-state index in [1.54, 1.807) is 5.57 Å². The van der Waals surface area contributed by atoms with Crippen LogP contribution in [0.3, 0.4) is 0 Å². The van der Waals surface area contributed by atoms with Gasteiger partial charge < -0.3 is 9.47 Å². The van der Waals surface area contributed by atoms with E-state index >= 15 is 0 Å². The highest BCUT2D eigenvalue weighted by Gasteiger charge is 2.37. The molecule has 5 aromatic carbocycles. The lowest BCUT2D eigenvalue weighted by Gasteiger charge is -2.37. The standard InChI is InChI=1S/C42H36N2/c1-27-12-10-14-29(24-27)43(40-25-28-13-4-5-15-31(28)32-16-6-7-17-33(32)40)30-22-23-38-35(26-30)34-18-11-20-37-41(34)44(38)39-21-9-8-19-36(39)42(37,2)3/h4-7,9-18,20-23,25-26,29H,8,19,24H2,1-3H3. The maximum atomic E-state index is 2.60. The molecule has 2 heteroatoms. The lowest BCUT2D eigenvalue weighted by atomic mass is 9.71. The summed E-state index contributed by atoms with van der Waals surface area (Å²) < 4.78 is 2.56. The molecular formula is C42H36N2. The molecule has 0 saturated heterocycles. The van der Waals surface area contributed by atoms with Gasteiger partial charge in [0.1, 0.15) is 0 Å². The smallest absolute Gasteiger partial charge is 0.0581 e.